The van der Waals surface area contributed by atoms with Crippen molar-refractivity contribution in [2.24, 2.45) is 0 Å². The van der Waals surface area contributed by atoms with E-state index in [1.165, 1.54) is 30.3 Å². The van der Waals surface area contributed by atoms with Crippen LogP contribution in [0.3, 0.4) is 0 Å². The van der Waals surface area contributed by atoms with E-state index in [0.29, 0.717) is 0 Å². The van der Waals surface area contributed by atoms with E-state index in [4.69, 9.17) is 4.74 Å². The molecule has 1 aliphatic carbocycles. The van der Waals surface area contributed by atoms with Gasteiger partial charge in [0.2, 0.25) is 10.0 Å². The number of rotatable bonds is 7. The normalized spacial score (nSPS) is 18.5. The summed E-state index contributed by atoms with van der Waals surface area (Å²) in [5, 5.41) is 0. The zero-order valence-electron chi connectivity index (χ0n) is 18.3. The summed E-state index contributed by atoms with van der Waals surface area (Å²) < 4.78 is 32.5. The van der Waals surface area contributed by atoms with E-state index >= 15 is 0 Å². The van der Waals surface area contributed by atoms with Crippen molar-refractivity contribution in [3.63, 3.8) is 0 Å². The fraction of sp³-hybridized carbons (Fsp3) is 0.333. The molecule has 1 fully saturated rings. The van der Waals surface area contributed by atoms with Crippen LogP contribution in [-0.4, -0.2) is 39.9 Å². The molecule has 2 aromatic carbocycles. The van der Waals surface area contributed by atoms with E-state index < -0.39 is 22.6 Å². The number of likely N-dealkylation sites (N-methyl/N-ethyl adjacent to an activating group) is 1. The Labute approximate surface area is 188 Å². The van der Waals surface area contributed by atoms with Gasteiger partial charge in [0.15, 0.2) is 12.4 Å². The van der Waals surface area contributed by atoms with Crippen LogP contribution in [-0.2, 0) is 25.0 Å². The van der Waals surface area contributed by atoms with E-state index in [1.54, 1.807) is 0 Å². The number of ketones is 1. The van der Waals surface area contributed by atoms with Crippen molar-refractivity contribution in [3.05, 3.63) is 71.4 Å². The quantitative estimate of drug-likeness (QED) is 0.510. The van der Waals surface area contributed by atoms with Gasteiger partial charge in [0.05, 0.1) is 10.5 Å². The third-order valence-corrected chi connectivity index (χ3v) is 7.38. The average Bonchev–Trinajstić information content (AvgIpc) is 3.55. The van der Waals surface area contributed by atoms with Crippen molar-refractivity contribution in [1.82, 2.24) is 4.72 Å². The third kappa shape index (κ3) is 4.33. The van der Waals surface area contributed by atoms with E-state index in [2.05, 4.69) is 4.72 Å². The highest BCUT2D eigenvalue weighted by molar-refractivity contribution is 7.89. The van der Waals surface area contributed by atoms with E-state index in [1.807, 2.05) is 50.1 Å². The number of para-hydroxylation sites is 1. The first kappa shape index (κ1) is 22.2. The van der Waals surface area contributed by atoms with E-state index in [0.717, 1.165) is 29.8 Å². The highest BCUT2D eigenvalue weighted by atomic mass is 32.2. The number of carbonyl (C=O) groups is 2. The number of hydrogen-bond donors (Lipinski definition) is 1. The van der Waals surface area contributed by atoms with Crippen LogP contribution < -0.4 is 9.62 Å². The number of nitrogens with one attached hydrogen (secondary N) is 1. The Morgan fingerprint density at radius 1 is 1.16 bits per heavy atom. The Morgan fingerprint density at radius 3 is 2.56 bits per heavy atom. The Bertz CT molecular complexity index is 1210. The largest absolute Gasteiger partial charge is 0.454 e. The molecule has 0 unspecified atom stereocenters. The van der Waals surface area contributed by atoms with Crippen molar-refractivity contribution in [2.45, 2.75) is 43.0 Å². The number of ether oxygens (including phenoxy) is 1. The van der Waals surface area contributed by atoms with E-state index in [9.17, 15) is 18.0 Å². The highest BCUT2D eigenvalue weighted by Gasteiger charge is 2.38. The summed E-state index contributed by atoms with van der Waals surface area (Å²) in [6.45, 7) is 3.66. The Morgan fingerprint density at radius 2 is 1.88 bits per heavy atom. The fourth-order valence-electron chi connectivity index (χ4n) is 3.95. The first-order valence-corrected chi connectivity index (χ1v) is 12.0. The van der Waals surface area contributed by atoms with Gasteiger partial charge in [-0.05, 0) is 42.7 Å². The highest BCUT2D eigenvalue weighted by Crippen LogP contribution is 2.46. The minimum absolute atomic E-state index is 0.000566. The summed E-state index contributed by atoms with van der Waals surface area (Å²) in [5.74, 6) is -1.09. The number of benzene rings is 2. The van der Waals surface area contributed by atoms with Gasteiger partial charge in [-0.25, -0.2) is 17.9 Å². The smallest absolute Gasteiger partial charge is 0.338 e. The fourth-order valence-corrected chi connectivity index (χ4v) is 5.30. The summed E-state index contributed by atoms with van der Waals surface area (Å²) in [4.78, 5) is 27.0. The predicted octanol–water partition coefficient (Wildman–Crippen LogP) is 3.16. The maximum absolute atomic E-state index is 12.6. The number of anilines is 1. The van der Waals surface area contributed by atoms with Crippen LogP contribution >= 0.6 is 0 Å². The summed E-state index contributed by atoms with van der Waals surface area (Å²) in [5.41, 5.74) is 2.69. The van der Waals surface area contributed by atoms with Crippen molar-refractivity contribution < 1.29 is 22.7 Å². The first-order chi connectivity index (χ1) is 15.1. The lowest BCUT2D eigenvalue weighted by Gasteiger charge is -2.23. The molecule has 2 aromatic rings. The molecule has 2 aliphatic rings. The standard InChI is InChI=1S/C24H26N2O5S/c1-24(2)20-9-4-5-10-21(20)26(3)22(24)14-18(27)15-31-23(28)16-7-6-8-19(13-16)32(29,30)25-17-11-12-17/h4-10,13-14,17,25H,11-12,15H2,1-3H3/b22-14-. The van der Waals surface area contributed by atoms with Gasteiger partial charge in [-0.3, -0.25) is 4.79 Å². The van der Waals surface area contributed by atoms with Crippen LogP contribution in [0.25, 0.3) is 0 Å². The van der Waals surface area contributed by atoms with Gasteiger partial charge < -0.3 is 9.64 Å². The zero-order valence-corrected chi connectivity index (χ0v) is 19.1. The van der Waals surface area contributed by atoms with Crippen LogP contribution in [0.2, 0.25) is 0 Å². The molecular weight excluding hydrogens is 428 g/mol. The second-order valence-electron chi connectivity index (χ2n) is 8.70. The van der Waals surface area contributed by atoms with Crippen molar-refractivity contribution >= 4 is 27.5 Å². The minimum atomic E-state index is -3.69. The molecule has 0 radical (unpaired) electrons. The van der Waals surface area contributed by atoms with Crippen molar-refractivity contribution in [2.75, 3.05) is 18.6 Å². The Hall–Kier alpha value is -2.97. The molecule has 32 heavy (non-hydrogen) atoms. The number of hydrogen-bond acceptors (Lipinski definition) is 6. The molecule has 0 atom stereocenters. The molecular formula is C24H26N2O5S. The van der Waals surface area contributed by atoms with Gasteiger partial charge >= 0.3 is 5.97 Å². The molecule has 4 rings (SSSR count). The molecule has 1 heterocycles. The van der Waals surface area contributed by atoms with Crippen LogP contribution in [0.5, 0.6) is 0 Å². The molecule has 8 heteroatoms. The molecule has 168 valence electrons. The number of esters is 1. The minimum Gasteiger partial charge on any atom is -0.454 e. The topological polar surface area (TPSA) is 92.8 Å². The molecule has 7 nitrogen and oxygen atoms in total. The lowest BCUT2D eigenvalue weighted by Crippen LogP contribution is -2.26. The van der Waals surface area contributed by atoms with Gasteiger partial charge in [0.1, 0.15) is 0 Å². The summed E-state index contributed by atoms with van der Waals surface area (Å²) in [6, 6.07) is 13.6. The predicted molar refractivity (Wildman–Crippen MR) is 121 cm³/mol. The van der Waals surface area contributed by atoms with Crippen LogP contribution in [0, 0.1) is 0 Å². The number of fused-ring (bicyclic) bond motifs is 1. The summed E-state index contributed by atoms with van der Waals surface area (Å²) in [6.07, 6.45) is 3.14. The van der Waals surface area contributed by atoms with Crippen molar-refractivity contribution in [1.29, 1.82) is 0 Å². The molecule has 0 bridgehead atoms. The number of carbonyl (C=O) groups excluding carboxylic acids is 2. The second-order valence-corrected chi connectivity index (χ2v) is 10.4. The summed E-state index contributed by atoms with van der Waals surface area (Å²) >= 11 is 0. The number of sulfonamides is 1. The Kier molecular flexibility index (Phi) is 5.68. The first-order valence-electron chi connectivity index (χ1n) is 10.5. The Balaban J connectivity index is 1.44. The maximum atomic E-state index is 12.6. The second kappa shape index (κ2) is 8.18. The van der Waals surface area contributed by atoms with Gasteiger partial charge in [0.25, 0.3) is 0 Å². The zero-order chi connectivity index (χ0) is 23.1. The van der Waals surface area contributed by atoms with Gasteiger partial charge in [-0.1, -0.05) is 38.1 Å². The van der Waals surface area contributed by atoms with Gasteiger partial charge in [-0.2, -0.15) is 0 Å². The van der Waals surface area contributed by atoms with Gasteiger partial charge in [-0.15, -0.1) is 0 Å². The van der Waals surface area contributed by atoms with E-state index in [-0.39, 0.29) is 27.7 Å². The number of nitrogens with zero attached hydrogens (tertiary/aromatic N) is 1. The molecule has 0 saturated heterocycles. The maximum Gasteiger partial charge on any atom is 0.338 e. The van der Waals surface area contributed by atoms with Crippen LogP contribution in [0.1, 0.15) is 42.6 Å². The molecule has 1 aliphatic heterocycles. The molecule has 0 amide bonds. The molecule has 0 spiro atoms. The van der Waals surface area contributed by atoms with Crippen LogP contribution in [0.4, 0.5) is 5.69 Å². The lowest BCUT2D eigenvalue weighted by atomic mass is 9.83. The lowest BCUT2D eigenvalue weighted by molar-refractivity contribution is -0.117. The molecule has 1 N–H and O–H groups in total. The molecule has 1 saturated carbocycles. The molecule has 0 aromatic heterocycles. The summed E-state index contributed by atoms with van der Waals surface area (Å²) in [7, 11) is -1.78. The van der Waals surface area contributed by atoms with Gasteiger partial charge in [0, 0.05) is 36.0 Å². The van der Waals surface area contributed by atoms with Crippen LogP contribution in [0.15, 0.2) is 65.2 Å². The SMILES string of the molecule is CN1/C(=C\C(=O)COC(=O)c2cccc(S(=O)(=O)NC3CC3)c2)C(C)(C)c2ccccc21. The third-order valence-electron chi connectivity index (χ3n) is 5.86. The number of allylic oxidation sites excluding steroid dienone is 1. The monoisotopic (exact) mass is 454 g/mol. The average molecular weight is 455 g/mol. The van der Waals surface area contributed by atoms with Crippen molar-refractivity contribution in [3.8, 4) is 0 Å².